The summed E-state index contributed by atoms with van der Waals surface area (Å²) in [6, 6.07) is 5.68. The minimum Gasteiger partial charge on any atom is -0.338 e. The van der Waals surface area contributed by atoms with Crippen LogP contribution in [0.5, 0.6) is 0 Å². The van der Waals surface area contributed by atoms with Crippen LogP contribution in [0.25, 0.3) is 0 Å². The van der Waals surface area contributed by atoms with Gasteiger partial charge in [-0.1, -0.05) is 27.5 Å². The molecule has 3 atom stereocenters. The van der Waals surface area contributed by atoms with Gasteiger partial charge >= 0.3 is 0 Å². The smallest absolute Gasteiger partial charge is 0.253 e. The number of hydrogen-bond donors (Lipinski definition) is 1. The van der Waals surface area contributed by atoms with Gasteiger partial charge in [-0.15, -0.1) is 0 Å². The van der Waals surface area contributed by atoms with Crippen LogP contribution < -0.4 is 5.73 Å². The van der Waals surface area contributed by atoms with Crippen molar-refractivity contribution < 1.29 is 4.79 Å². The molecular formula is C15H18BrClN2O. The van der Waals surface area contributed by atoms with Crippen molar-refractivity contribution >= 4 is 33.4 Å². The molecule has 1 aliphatic heterocycles. The topological polar surface area (TPSA) is 46.3 Å². The monoisotopic (exact) mass is 356 g/mol. The third kappa shape index (κ3) is 2.87. The van der Waals surface area contributed by atoms with Gasteiger partial charge in [-0.3, -0.25) is 4.79 Å². The fourth-order valence-corrected chi connectivity index (χ4v) is 4.35. The van der Waals surface area contributed by atoms with Crippen LogP contribution in [0.15, 0.2) is 22.7 Å². The number of likely N-dealkylation sites (tertiary alicyclic amines) is 1. The van der Waals surface area contributed by atoms with E-state index in [0.29, 0.717) is 28.5 Å². The lowest BCUT2D eigenvalue weighted by molar-refractivity contribution is 0.0784. The largest absolute Gasteiger partial charge is 0.338 e. The average Bonchev–Trinajstić information content (AvgIpc) is 2.79. The van der Waals surface area contributed by atoms with Gasteiger partial charge in [-0.05, 0) is 49.3 Å². The number of carbonyl (C=O) groups is 1. The van der Waals surface area contributed by atoms with Gasteiger partial charge in [0.1, 0.15) is 0 Å². The van der Waals surface area contributed by atoms with Crippen molar-refractivity contribution in [3.05, 3.63) is 33.3 Å². The summed E-state index contributed by atoms with van der Waals surface area (Å²) in [7, 11) is 0. The van der Waals surface area contributed by atoms with E-state index in [4.69, 9.17) is 17.3 Å². The highest BCUT2D eigenvalue weighted by atomic mass is 79.9. The first kappa shape index (κ1) is 14.4. The summed E-state index contributed by atoms with van der Waals surface area (Å²) in [4.78, 5) is 14.6. The lowest BCUT2D eigenvalue weighted by Crippen LogP contribution is -2.32. The molecule has 0 spiro atoms. The molecule has 0 aromatic heterocycles. The fraction of sp³-hybridized carbons (Fsp3) is 0.533. The molecule has 1 aliphatic carbocycles. The number of halogens is 2. The molecule has 2 fully saturated rings. The van der Waals surface area contributed by atoms with Crippen LogP contribution in [0, 0.1) is 11.8 Å². The maximum absolute atomic E-state index is 12.6. The summed E-state index contributed by atoms with van der Waals surface area (Å²) in [6.45, 7) is 1.70. The minimum absolute atomic E-state index is 0.0798. The third-order valence-electron chi connectivity index (χ3n) is 4.49. The predicted molar refractivity (Wildman–Crippen MR) is 83.9 cm³/mol. The molecule has 1 amide bonds. The Labute approximate surface area is 132 Å². The molecule has 1 saturated heterocycles. The Balaban J connectivity index is 1.75. The Hall–Kier alpha value is -0.580. The van der Waals surface area contributed by atoms with Gasteiger partial charge in [0.25, 0.3) is 5.91 Å². The summed E-state index contributed by atoms with van der Waals surface area (Å²) in [5, 5.41) is 0.585. The Morgan fingerprint density at radius 3 is 2.75 bits per heavy atom. The molecule has 1 heterocycles. The highest BCUT2D eigenvalue weighted by Crippen LogP contribution is 2.36. The van der Waals surface area contributed by atoms with E-state index in [1.54, 1.807) is 12.1 Å². The number of fused-ring (bicyclic) bond motifs is 1. The number of amides is 1. The summed E-state index contributed by atoms with van der Waals surface area (Å²) >= 11 is 9.41. The lowest BCUT2D eigenvalue weighted by Gasteiger charge is -2.27. The molecule has 0 radical (unpaired) electrons. The zero-order chi connectivity index (χ0) is 14.3. The van der Waals surface area contributed by atoms with Crippen LogP contribution in [0.1, 0.15) is 29.6 Å². The lowest BCUT2D eigenvalue weighted by atomic mass is 9.79. The molecule has 2 aliphatic rings. The van der Waals surface area contributed by atoms with E-state index in [1.807, 2.05) is 11.0 Å². The number of carbonyl (C=O) groups excluding carboxylic acids is 1. The van der Waals surface area contributed by atoms with E-state index in [-0.39, 0.29) is 5.91 Å². The number of nitrogens with two attached hydrogens (primary N) is 1. The maximum atomic E-state index is 12.6. The van der Waals surface area contributed by atoms with Crippen molar-refractivity contribution in [2.75, 3.05) is 13.1 Å². The van der Waals surface area contributed by atoms with Gasteiger partial charge in [0.15, 0.2) is 0 Å². The van der Waals surface area contributed by atoms with E-state index < -0.39 is 0 Å². The SMILES string of the molecule is NC1CC[C@@H]2CN(C(=O)c3cc(Cl)cc(Br)c3)C[C@@H]2C1. The quantitative estimate of drug-likeness (QED) is 0.838. The van der Waals surface area contributed by atoms with Gasteiger partial charge in [-0.2, -0.15) is 0 Å². The first-order chi connectivity index (χ1) is 9.52. The van der Waals surface area contributed by atoms with E-state index in [2.05, 4.69) is 15.9 Å². The summed E-state index contributed by atoms with van der Waals surface area (Å²) < 4.78 is 0.840. The first-order valence-electron chi connectivity index (χ1n) is 7.04. The normalized spacial score (nSPS) is 29.4. The van der Waals surface area contributed by atoms with Crippen molar-refractivity contribution in [2.45, 2.75) is 25.3 Å². The highest BCUT2D eigenvalue weighted by Gasteiger charge is 2.38. The zero-order valence-corrected chi connectivity index (χ0v) is 13.5. The molecule has 1 saturated carbocycles. The molecule has 0 bridgehead atoms. The van der Waals surface area contributed by atoms with E-state index >= 15 is 0 Å². The van der Waals surface area contributed by atoms with E-state index in [9.17, 15) is 4.79 Å². The molecule has 5 heteroatoms. The van der Waals surface area contributed by atoms with Crippen LogP contribution in [-0.4, -0.2) is 29.9 Å². The number of nitrogens with zero attached hydrogens (tertiary/aromatic N) is 1. The van der Waals surface area contributed by atoms with Crippen LogP contribution >= 0.6 is 27.5 Å². The second-order valence-corrected chi connectivity index (χ2v) is 7.31. The zero-order valence-electron chi connectivity index (χ0n) is 11.2. The molecule has 3 nitrogen and oxygen atoms in total. The molecule has 1 aromatic carbocycles. The van der Waals surface area contributed by atoms with Crippen LogP contribution in [-0.2, 0) is 0 Å². The predicted octanol–water partition coefficient (Wildman–Crippen LogP) is 3.30. The number of benzene rings is 1. The maximum Gasteiger partial charge on any atom is 0.253 e. The molecular weight excluding hydrogens is 340 g/mol. The summed E-state index contributed by atoms with van der Waals surface area (Å²) in [5.74, 6) is 1.28. The van der Waals surface area contributed by atoms with Crippen molar-refractivity contribution in [1.29, 1.82) is 0 Å². The van der Waals surface area contributed by atoms with Gasteiger partial charge in [-0.25, -0.2) is 0 Å². The molecule has 20 heavy (non-hydrogen) atoms. The second kappa shape index (κ2) is 5.66. The van der Waals surface area contributed by atoms with Gasteiger partial charge in [0.2, 0.25) is 0 Å². The fourth-order valence-electron chi connectivity index (χ4n) is 3.49. The Bertz CT molecular complexity index is 516. The standard InChI is InChI=1S/C15H18BrClN2O/c16-12-3-10(4-13(17)6-12)15(20)19-7-9-1-2-14(18)5-11(9)8-19/h3-4,6,9,11,14H,1-2,5,7-8,18H2/t9-,11+,14?/m1/s1. The van der Waals surface area contributed by atoms with Gasteiger partial charge < -0.3 is 10.6 Å². The molecule has 2 N–H and O–H groups in total. The van der Waals surface area contributed by atoms with E-state index in [1.165, 1.54) is 0 Å². The number of hydrogen-bond acceptors (Lipinski definition) is 2. The van der Waals surface area contributed by atoms with Crippen LogP contribution in [0.2, 0.25) is 5.02 Å². The van der Waals surface area contributed by atoms with E-state index in [0.717, 1.165) is 36.8 Å². The summed E-state index contributed by atoms with van der Waals surface area (Å²) in [6.07, 6.45) is 3.29. The Morgan fingerprint density at radius 2 is 2.00 bits per heavy atom. The number of rotatable bonds is 1. The van der Waals surface area contributed by atoms with Crippen molar-refractivity contribution in [2.24, 2.45) is 17.6 Å². The second-order valence-electron chi connectivity index (χ2n) is 5.96. The Morgan fingerprint density at radius 1 is 1.25 bits per heavy atom. The van der Waals surface area contributed by atoms with Crippen LogP contribution in [0.3, 0.4) is 0 Å². The van der Waals surface area contributed by atoms with Gasteiger partial charge in [0.05, 0.1) is 0 Å². The molecule has 3 rings (SSSR count). The van der Waals surface area contributed by atoms with Crippen molar-refractivity contribution in [1.82, 2.24) is 4.90 Å². The average molecular weight is 358 g/mol. The highest BCUT2D eigenvalue weighted by molar-refractivity contribution is 9.10. The van der Waals surface area contributed by atoms with Crippen molar-refractivity contribution in [3.63, 3.8) is 0 Å². The molecule has 108 valence electrons. The summed E-state index contributed by atoms with van der Waals surface area (Å²) in [5.41, 5.74) is 6.70. The van der Waals surface area contributed by atoms with Gasteiger partial charge in [0, 0.05) is 34.2 Å². The molecule has 1 aromatic rings. The van der Waals surface area contributed by atoms with Crippen molar-refractivity contribution in [3.8, 4) is 0 Å². The Kier molecular flexibility index (Phi) is 4.07. The first-order valence-corrected chi connectivity index (χ1v) is 8.21. The third-order valence-corrected chi connectivity index (χ3v) is 5.16. The minimum atomic E-state index is 0.0798. The van der Waals surface area contributed by atoms with Crippen LogP contribution in [0.4, 0.5) is 0 Å². The molecule has 1 unspecified atom stereocenters.